The number of carbonyl (C=O) groups is 1. The lowest BCUT2D eigenvalue weighted by atomic mass is 9.92. The highest BCUT2D eigenvalue weighted by Gasteiger charge is 2.24. The molecule has 2 N–H and O–H groups in total. The second kappa shape index (κ2) is 7.06. The molecule has 1 aromatic heterocycles. The van der Waals surface area contributed by atoms with Crippen molar-refractivity contribution in [3.8, 4) is 0 Å². The highest BCUT2D eigenvalue weighted by molar-refractivity contribution is 7.09. The van der Waals surface area contributed by atoms with E-state index in [1.54, 1.807) is 11.3 Å². The Morgan fingerprint density at radius 3 is 3.16 bits per heavy atom. The molecule has 106 valence electrons. The van der Waals surface area contributed by atoms with Gasteiger partial charge in [-0.25, -0.2) is 0 Å². The van der Waals surface area contributed by atoms with E-state index in [4.69, 9.17) is 0 Å². The van der Waals surface area contributed by atoms with Crippen molar-refractivity contribution in [2.24, 2.45) is 11.8 Å². The zero-order valence-electron chi connectivity index (χ0n) is 11.8. The van der Waals surface area contributed by atoms with Crippen LogP contribution in [0.2, 0.25) is 0 Å². The largest absolute Gasteiger partial charge is 0.356 e. The lowest BCUT2D eigenvalue weighted by molar-refractivity contribution is -0.126. The molecule has 3 nitrogen and oxygen atoms in total. The van der Waals surface area contributed by atoms with Crippen LogP contribution in [-0.4, -0.2) is 25.0 Å². The van der Waals surface area contributed by atoms with E-state index in [1.165, 1.54) is 4.88 Å². The van der Waals surface area contributed by atoms with Gasteiger partial charge in [0.25, 0.3) is 0 Å². The van der Waals surface area contributed by atoms with Gasteiger partial charge in [-0.3, -0.25) is 4.79 Å². The van der Waals surface area contributed by atoms with Gasteiger partial charge >= 0.3 is 0 Å². The first kappa shape index (κ1) is 14.5. The van der Waals surface area contributed by atoms with E-state index in [2.05, 4.69) is 42.0 Å². The van der Waals surface area contributed by atoms with Crippen molar-refractivity contribution in [3.05, 3.63) is 22.4 Å². The van der Waals surface area contributed by atoms with Crippen LogP contribution in [-0.2, 0) is 11.2 Å². The van der Waals surface area contributed by atoms with Crippen molar-refractivity contribution in [3.63, 3.8) is 0 Å². The third kappa shape index (κ3) is 4.62. The fourth-order valence-electron chi connectivity index (χ4n) is 2.63. The summed E-state index contributed by atoms with van der Waals surface area (Å²) >= 11 is 1.79. The molecular formula is C15H24N2OS. The number of piperidine rings is 1. The van der Waals surface area contributed by atoms with Crippen LogP contribution < -0.4 is 10.6 Å². The Hall–Kier alpha value is -0.870. The molecule has 0 bridgehead atoms. The maximum atomic E-state index is 12.1. The van der Waals surface area contributed by atoms with Gasteiger partial charge in [0.15, 0.2) is 0 Å². The molecule has 0 aromatic carbocycles. The summed E-state index contributed by atoms with van der Waals surface area (Å²) < 4.78 is 0. The normalized spacial score (nSPS) is 24.9. The second-order valence-electron chi connectivity index (χ2n) is 5.71. The Labute approximate surface area is 119 Å². The molecule has 4 heteroatoms. The molecule has 2 heterocycles. The fourth-order valence-corrected chi connectivity index (χ4v) is 3.50. The zero-order chi connectivity index (χ0) is 13.7. The minimum Gasteiger partial charge on any atom is -0.356 e. The summed E-state index contributed by atoms with van der Waals surface area (Å²) in [6.07, 6.45) is 2.99. The molecule has 0 spiro atoms. The highest BCUT2D eigenvalue weighted by Crippen LogP contribution is 2.17. The quantitative estimate of drug-likeness (QED) is 0.870. The number of hydrogen-bond acceptors (Lipinski definition) is 3. The van der Waals surface area contributed by atoms with Crippen molar-refractivity contribution in [1.82, 2.24) is 10.6 Å². The van der Waals surface area contributed by atoms with Gasteiger partial charge < -0.3 is 10.6 Å². The van der Waals surface area contributed by atoms with E-state index in [9.17, 15) is 4.79 Å². The number of amides is 1. The smallest absolute Gasteiger partial charge is 0.223 e. The molecule has 1 aliphatic rings. The minimum absolute atomic E-state index is 0.199. The summed E-state index contributed by atoms with van der Waals surface area (Å²) in [5, 5.41) is 8.61. The second-order valence-corrected chi connectivity index (χ2v) is 6.74. The number of nitrogens with one attached hydrogen (secondary N) is 2. The first-order chi connectivity index (χ1) is 9.15. The molecule has 1 aromatic rings. The topological polar surface area (TPSA) is 41.1 Å². The van der Waals surface area contributed by atoms with Crippen LogP contribution in [0.1, 0.15) is 31.6 Å². The van der Waals surface area contributed by atoms with E-state index in [1.807, 2.05) is 0 Å². The van der Waals surface area contributed by atoms with Gasteiger partial charge in [0.1, 0.15) is 0 Å². The average Bonchev–Trinajstić information content (AvgIpc) is 2.88. The molecule has 0 aliphatic carbocycles. The molecule has 0 saturated carbocycles. The van der Waals surface area contributed by atoms with Gasteiger partial charge in [-0.05, 0) is 50.1 Å². The van der Waals surface area contributed by atoms with Gasteiger partial charge in [-0.2, -0.15) is 0 Å². The van der Waals surface area contributed by atoms with Crippen LogP contribution in [0.15, 0.2) is 17.5 Å². The summed E-state index contributed by atoms with van der Waals surface area (Å²) in [4.78, 5) is 13.5. The third-order valence-corrected chi connectivity index (χ3v) is 4.65. The molecule has 3 atom stereocenters. The van der Waals surface area contributed by atoms with Gasteiger partial charge in [0.2, 0.25) is 5.91 Å². The van der Waals surface area contributed by atoms with Crippen LogP contribution in [0.25, 0.3) is 0 Å². The van der Waals surface area contributed by atoms with E-state index in [-0.39, 0.29) is 11.8 Å². The van der Waals surface area contributed by atoms with Gasteiger partial charge in [0.05, 0.1) is 0 Å². The maximum absolute atomic E-state index is 12.1. The van der Waals surface area contributed by atoms with Crippen molar-refractivity contribution >= 4 is 17.2 Å². The van der Waals surface area contributed by atoms with Gasteiger partial charge in [-0.15, -0.1) is 11.3 Å². The predicted octanol–water partition coefficient (Wildman–Crippen LogP) is 2.43. The molecular weight excluding hydrogens is 256 g/mol. The molecule has 2 rings (SSSR count). The Morgan fingerprint density at radius 2 is 2.47 bits per heavy atom. The summed E-state index contributed by atoms with van der Waals surface area (Å²) in [5.41, 5.74) is 0. The summed E-state index contributed by atoms with van der Waals surface area (Å²) in [7, 11) is 0. The monoisotopic (exact) mass is 280 g/mol. The van der Waals surface area contributed by atoms with E-state index >= 15 is 0 Å². The molecule has 1 amide bonds. The molecule has 19 heavy (non-hydrogen) atoms. The van der Waals surface area contributed by atoms with E-state index in [0.29, 0.717) is 12.0 Å². The summed E-state index contributed by atoms with van der Waals surface area (Å²) in [5.74, 6) is 0.943. The summed E-state index contributed by atoms with van der Waals surface area (Å²) in [6.45, 7) is 6.10. The van der Waals surface area contributed by atoms with Crippen molar-refractivity contribution in [1.29, 1.82) is 0 Å². The van der Waals surface area contributed by atoms with Crippen molar-refractivity contribution in [2.45, 2.75) is 39.2 Å². The predicted molar refractivity (Wildman–Crippen MR) is 80.4 cm³/mol. The number of hydrogen-bond donors (Lipinski definition) is 2. The SMILES string of the molecule is CC(CNC(=O)[C@H]1CCN[C@@H](C)C1)Cc1cccs1. The van der Waals surface area contributed by atoms with E-state index < -0.39 is 0 Å². The molecule has 1 saturated heterocycles. The Kier molecular flexibility index (Phi) is 5.40. The van der Waals surface area contributed by atoms with Crippen LogP contribution in [0, 0.1) is 11.8 Å². The molecule has 0 radical (unpaired) electrons. The lowest BCUT2D eigenvalue weighted by Gasteiger charge is -2.27. The Morgan fingerprint density at radius 1 is 1.63 bits per heavy atom. The van der Waals surface area contributed by atoms with Crippen molar-refractivity contribution in [2.75, 3.05) is 13.1 Å². The van der Waals surface area contributed by atoms with Crippen LogP contribution in [0.5, 0.6) is 0 Å². The highest BCUT2D eigenvalue weighted by atomic mass is 32.1. The Balaban J connectivity index is 1.70. The first-order valence-electron chi connectivity index (χ1n) is 7.18. The number of rotatable bonds is 5. The first-order valence-corrected chi connectivity index (χ1v) is 8.06. The maximum Gasteiger partial charge on any atom is 0.223 e. The Bertz CT molecular complexity index is 391. The van der Waals surface area contributed by atoms with Crippen molar-refractivity contribution < 1.29 is 4.79 Å². The number of thiophene rings is 1. The average molecular weight is 280 g/mol. The number of carbonyl (C=O) groups excluding carboxylic acids is 1. The third-order valence-electron chi connectivity index (χ3n) is 3.75. The van der Waals surface area contributed by atoms with Gasteiger partial charge in [0, 0.05) is 23.4 Å². The molecule has 1 fully saturated rings. The molecule has 1 aliphatic heterocycles. The minimum atomic E-state index is 0.199. The van der Waals surface area contributed by atoms with Crippen LogP contribution in [0.3, 0.4) is 0 Å². The summed E-state index contributed by atoms with van der Waals surface area (Å²) in [6, 6.07) is 4.71. The van der Waals surface area contributed by atoms with Crippen LogP contribution >= 0.6 is 11.3 Å². The van der Waals surface area contributed by atoms with Crippen LogP contribution in [0.4, 0.5) is 0 Å². The zero-order valence-corrected chi connectivity index (χ0v) is 12.6. The van der Waals surface area contributed by atoms with Gasteiger partial charge in [-0.1, -0.05) is 13.0 Å². The lowest BCUT2D eigenvalue weighted by Crippen LogP contribution is -2.43. The fraction of sp³-hybridized carbons (Fsp3) is 0.667. The van der Waals surface area contributed by atoms with E-state index in [0.717, 1.165) is 32.4 Å². The molecule has 1 unspecified atom stereocenters. The standard InChI is InChI=1S/C15H24N2OS/c1-11(8-14-4-3-7-19-14)10-17-15(18)13-5-6-16-12(2)9-13/h3-4,7,11-13,16H,5-6,8-10H2,1-2H3,(H,17,18)/t11?,12-,13-/m0/s1.